The van der Waals surface area contributed by atoms with Crippen LogP contribution in [0, 0.1) is 11.8 Å². The van der Waals surface area contributed by atoms with Crippen LogP contribution in [0.15, 0.2) is 24.3 Å². The van der Waals surface area contributed by atoms with Crippen molar-refractivity contribution in [1.82, 2.24) is 0 Å². The second-order valence-corrected chi connectivity index (χ2v) is 4.00. The molecule has 1 heteroatoms. The zero-order chi connectivity index (χ0) is 10.8. The van der Waals surface area contributed by atoms with Gasteiger partial charge in [-0.1, -0.05) is 45.1 Å². The maximum atomic E-state index is 10.1. The summed E-state index contributed by atoms with van der Waals surface area (Å²) < 4.78 is 0. The number of carbonyl (C=O) groups excluding carboxylic acids is 1. The molecular weight excluding hydrogens is 172 g/mol. The van der Waals surface area contributed by atoms with Gasteiger partial charge in [0.2, 0.25) is 0 Å². The van der Waals surface area contributed by atoms with Crippen molar-refractivity contribution in [1.29, 1.82) is 0 Å². The molecule has 0 saturated heterocycles. The first-order chi connectivity index (χ1) is 6.66. The lowest BCUT2D eigenvalue weighted by Crippen LogP contribution is -1.88. The van der Waals surface area contributed by atoms with E-state index in [1.165, 1.54) is 0 Å². The van der Waals surface area contributed by atoms with Crippen LogP contribution in [0.1, 0.15) is 40.0 Å². The second kappa shape index (κ2) is 8.74. The van der Waals surface area contributed by atoms with Crippen LogP contribution in [0.25, 0.3) is 0 Å². The van der Waals surface area contributed by atoms with Gasteiger partial charge in [-0.3, -0.25) is 4.79 Å². The molecular formula is C13H21O. The highest BCUT2D eigenvalue weighted by molar-refractivity contribution is 5.51. The lowest BCUT2D eigenvalue weighted by molar-refractivity contribution is 0.542. The highest BCUT2D eigenvalue weighted by Crippen LogP contribution is 2.04. The minimum Gasteiger partial charge on any atom is -0.291 e. The first-order valence-corrected chi connectivity index (χ1v) is 5.35. The molecule has 0 aliphatic carbocycles. The van der Waals surface area contributed by atoms with Gasteiger partial charge in [0.1, 0.15) is 0 Å². The van der Waals surface area contributed by atoms with E-state index in [9.17, 15) is 4.79 Å². The quantitative estimate of drug-likeness (QED) is 0.445. The highest BCUT2D eigenvalue weighted by atomic mass is 16.1. The van der Waals surface area contributed by atoms with Crippen molar-refractivity contribution in [2.24, 2.45) is 11.8 Å². The van der Waals surface area contributed by atoms with Crippen molar-refractivity contribution in [2.75, 3.05) is 0 Å². The summed E-state index contributed by atoms with van der Waals surface area (Å²) in [6, 6.07) is 0. The molecule has 0 aliphatic heterocycles. The molecule has 0 rings (SSSR count). The van der Waals surface area contributed by atoms with E-state index < -0.39 is 0 Å². The number of allylic oxidation sites excluding steroid dienone is 4. The Morgan fingerprint density at radius 3 is 2.14 bits per heavy atom. The molecule has 0 saturated carbocycles. The topological polar surface area (TPSA) is 17.1 Å². The molecule has 0 fully saturated rings. The molecule has 1 atom stereocenters. The predicted molar refractivity (Wildman–Crippen MR) is 61.8 cm³/mol. The Labute approximate surface area is 87.9 Å². The zero-order valence-corrected chi connectivity index (χ0v) is 9.49. The molecule has 0 aromatic heterocycles. The van der Waals surface area contributed by atoms with E-state index in [4.69, 9.17) is 0 Å². The Morgan fingerprint density at radius 1 is 1.07 bits per heavy atom. The number of rotatable bonds is 7. The average molecular weight is 193 g/mol. The molecule has 1 unspecified atom stereocenters. The molecule has 0 aliphatic rings. The Bertz CT molecular complexity index is 189. The summed E-state index contributed by atoms with van der Waals surface area (Å²) in [5.41, 5.74) is 0. The summed E-state index contributed by atoms with van der Waals surface area (Å²) in [7, 11) is 0. The van der Waals surface area contributed by atoms with Gasteiger partial charge in [-0.2, -0.15) is 0 Å². The number of hydrogen-bond donors (Lipinski definition) is 0. The number of unbranched alkanes of at least 4 members (excludes halogenated alkanes) is 1. The second-order valence-electron chi connectivity index (χ2n) is 4.00. The standard InChI is InChI=1S/C13H21O/c1-12(2)8-6-4-5-7-9-13(3)10-11-14/h6-9,12-13H,4-5,10H2,1-3H3/b8-6+,9-7+. The predicted octanol–water partition coefficient (Wildman–Crippen LogP) is 3.67. The largest absolute Gasteiger partial charge is 0.291 e. The van der Waals surface area contributed by atoms with E-state index >= 15 is 0 Å². The fraction of sp³-hybridized carbons (Fsp3) is 0.615. The van der Waals surface area contributed by atoms with Crippen LogP contribution in [-0.2, 0) is 4.79 Å². The summed E-state index contributed by atoms with van der Waals surface area (Å²) in [5, 5.41) is 0. The fourth-order valence-electron chi connectivity index (χ4n) is 1.09. The van der Waals surface area contributed by atoms with E-state index in [1.54, 1.807) is 0 Å². The Hall–Kier alpha value is -0.850. The minimum atomic E-state index is 0.335. The molecule has 0 N–H and O–H groups in total. The summed E-state index contributed by atoms with van der Waals surface area (Å²) in [6.07, 6.45) is 13.3. The van der Waals surface area contributed by atoms with E-state index in [-0.39, 0.29) is 0 Å². The van der Waals surface area contributed by atoms with Gasteiger partial charge in [-0.25, -0.2) is 0 Å². The lowest BCUT2D eigenvalue weighted by Gasteiger charge is -1.97. The van der Waals surface area contributed by atoms with Crippen molar-refractivity contribution < 1.29 is 4.79 Å². The average Bonchev–Trinajstić information content (AvgIpc) is 2.11. The maximum absolute atomic E-state index is 10.1. The third-order valence-corrected chi connectivity index (χ3v) is 1.89. The van der Waals surface area contributed by atoms with Crippen molar-refractivity contribution in [3.8, 4) is 0 Å². The summed E-state index contributed by atoms with van der Waals surface area (Å²) in [5.74, 6) is 0.976. The summed E-state index contributed by atoms with van der Waals surface area (Å²) in [6.45, 7) is 6.38. The highest BCUT2D eigenvalue weighted by Gasteiger charge is 1.93. The van der Waals surface area contributed by atoms with Gasteiger partial charge in [-0.15, -0.1) is 0 Å². The van der Waals surface area contributed by atoms with Crippen LogP contribution in [0.3, 0.4) is 0 Å². The van der Waals surface area contributed by atoms with Crippen molar-refractivity contribution in [3.63, 3.8) is 0 Å². The molecule has 0 bridgehead atoms. The van der Waals surface area contributed by atoms with Crippen LogP contribution < -0.4 is 0 Å². The van der Waals surface area contributed by atoms with E-state index in [1.807, 2.05) is 13.2 Å². The smallest absolute Gasteiger partial charge is 0.198 e. The fourth-order valence-corrected chi connectivity index (χ4v) is 1.09. The lowest BCUT2D eigenvalue weighted by atomic mass is 10.1. The first kappa shape index (κ1) is 13.2. The minimum absolute atomic E-state index is 0.335. The molecule has 0 amide bonds. The van der Waals surface area contributed by atoms with Crippen molar-refractivity contribution in [3.05, 3.63) is 24.3 Å². The van der Waals surface area contributed by atoms with Crippen LogP contribution >= 0.6 is 0 Å². The van der Waals surface area contributed by atoms with Gasteiger partial charge >= 0.3 is 0 Å². The van der Waals surface area contributed by atoms with E-state index in [2.05, 4.69) is 38.2 Å². The Balaban J connectivity index is 3.48. The van der Waals surface area contributed by atoms with Gasteiger partial charge in [0.05, 0.1) is 0 Å². The molecule has 0 heterocycles. The SMILES string of the molecule is CC(C)/C=C/CC/C=C/C(C)C[C]=O. The van der Waals surface area contributed by atoms with Crippen molar-refractivity contribution in [2.45, 2.75) is 40.0 Å². The molecule has 1 nitrogen and oxygen atoms in total. The third kappa shape index (κ3) is 9.24. The van der Waals surface area contributed by atoms with Crippen LogP contribution in [0.4, 0.5) is 0 Å². The molecule has 14 heavy (non-hydrogen) atoms. The molecule has 79 valence electrons. The summed E-state index contributed by atoms with van der Waals surface area (Å²) >= 11 is 0. The maximum Gasteiger partial charge on any atom is 0.198 e. The number of hydrogen-bond acceptors (Lipinski definition) is 1. The normalized spacial score (nSPS) is 14.3. The van der Waals surface area contributed by atoms with Gasteiger partial charge in [0.25, 0.3) is 0 Å². The van der Waals surface area contributed by atoms with Crippen LogP contribution in [0.2, 0.25) is 0 Å². The Kier molecular flexibility index (Phi) is 8.20. The van der Waals surface area contributed by atoms with E-state index in [0.717, 1.165) is 12.8 Å². The van der Waals surface area contributed by atoms with Crippen molar-refractivity contribution >= 4 is 6.29 Å². The Morgan fingerprint density at radius 2 is 1.64 bits per heavy atom. The van der Waals surface area contributed by atoms with Crippen LogP contribution in [0.5, 0.6) is 0 Å². The van der Waals surface area contributed by atoms with Gasteiger partial charge in [0, 0.05) is 6.42 Å². The first-order valence-electron chi connectivity index (χ1n) is 5.35. The molecule has 0 aromatic carbocycles. The molecule has 1 radical (unpaired) electrons. The zero-order valence-electron chi connectivity index (χ0n) is 9.49. The van der Waals surface area contributed by atoms with Crippen LogP contribution in [-0.4, -0.2) is 6.29 Å². The molecule has 0 spiro atoms. The third-order valence-electron chi connectivity index (χ3n) is 1.89. The van der Waals surface area contributed by atoms with E-state index in [0.29, 0.717) is 18.3 Å². The monoisotopic (exact) mass is 193 g/mol. The van der Waals surface area contributed by atoms with Gasteiger partial charge in [-0.05, 0) is 24.7 Å². The van der Waals surface area contributed by atoms with Gasteiger partial charge < -0.3 is 0 Å². The molecule has 0 aromatic rings. The van der Waals surface area contributed by atoms with Gasteiger partial charge in [0.15, 0.2) is 6.29 Å². The summed E-state index contributed by atoms with van der Waals surface area (Å²) in [4.78, 5) is 10.1.